The topological polar surface area (TPSA) is 75.6 Å². The molecule has 6 nitrogen and oxygen atoms in total. The zero-order valence-electron chi connectivity index (χ0n) is 12.8. The number of rotatable bonds is 3. The highest BCUT2D eigenvalue weighted by Crippen LogP contribution is 2.26. The highest BCUT2D eigenvalue weighted by atomic mass is 32.1. The molecule has 0 bridgehead atoms. The Morgan fingerprint density at radius 3 is 3.13 bits per heavy atom. The van der Waals surface area contributed by atoms with Crippen LogP contribution < -0.4 is 5.32 Å². The number of hydrogen-bond acceptors (Lipinski definition) is 4. The van der Waals surface area contributed by atoms with E-state index in [1.807, 2.05) is 6.07 Å². The molecule has 0 fully saturated rings. The predicted octanol–water partition coefficient (Wildman–Crippen LogP) is 3.23. The van der Waals surface area contributed by atoms with Crippen molar-refractivity contribution < 1.29 is 4.79 Å². The first kappa shape index (κ1) is 14.2. The summed E-state index contributed by atoms with van der Waals surface area (Å²) in [5.41, 5.74) is 1.25. The number of fused-ring (bicyclic) bond motifs is 1. The third kappa shape index (κ3) is 2.68. The molecule has 0 saturated heterocycles. The summed E-state index contributed by atoms with van der Waals surface area (Å²) in [4.78, 5) is 19.1. The molecular weight excluding hydrogens is 310 g/mol. The fraction of sp³-hybridized carbons (Fsp3) is 0.312. The van der Waals surface area contributed by atoms with Crippen LogP contribution in [0.1, 0.15) is 34.0 Å². The number of thiophene rings is 1. The molecule has 0 saturated carbocycles. The van der Waals surface area contributed by atoms with Gasteiger partial charge in [0, 0.05) is 17.8 Å². The summed E-state index contributed by atoms with van der Waals surface area (Å²) < 4.78 is 2.08. The van der Waals surface area contributed by atoms with Gasteiger partial charge in [0.15, 0.2) is 5.69 Å². The minimum Gasteiger partial charge on any atom is -0.315 e. The van der Waals surface area contributed by atoms with Crippen LogP contribution in [0.3, 0.4) is 0 Å². The molecule has 3 aromatic rings. The molecule has 3 aromatic heterocycles. The second kappa shape index (κ2) is 5.66. The van der Waals surface area contributed by atoms with Gasteiger partial charge in [0.2, 0.25) is 0 Å². The Bertz CT molecular complexity index is 860. The third-order valence-electron chi connectivity index (χ3n) is 4.03. The number of aromatic nitrogens is 4. The predicted molar refractivity (Wildman–Crippen MR) is 89.8 cm³/mol. The van der Waals surface area contributed by atoms with Gasteiger partial charge in [-0.15, -0.1) is 11.3 Å². The Morgan fingerprint density at radius 1 is 1.39 bits per heavy atom. The summed E-state index contributed by atoms with van der Waals surface area (Å²) in [6.45, 7) is 2.96. The molecule has 0 spiro atoms. The Hall–Kier alpha value is -2.41. The summed E-state index contributed by atoms with van der Waals surface area (Å²) in [5, 5.41) is 9.99. The standard InChI is InChI=1S/C16H17N5OS/c1-10-5-6-13(23-10)11-8-12(20-19-11)16(22)18-15-9-17-14-4-2-3-7-21(14)15/h5-6,8-9H,2-4,7H2,1H3,(H,18,22)(H,19,20). The Labute approximate surface area is 137 Å². The molecule has 0 unspecified atom stereocenters. The zero-order chi connectivity index (χ0) is 15.8. The lowest BCUT2D eigenvalue weighted by Crippen LogP contribution is -2.18. The number of nitrogens with zero attached hydrogens (tertiary/aromatic N) is 3. The molecule has 1 aliphatic heterocycles. The number of nitrogens with one attached hydrogen (secondary N) is 2. The zero-order valence-corrected chi connectivity index (χ0v) is 13.6. The van der Waals surface area contributed by atoms with Crippen LogP contribution >= 0.6 is 11.3 Å². The molecule has 0 atom stereocenters. The number of aromatic amines is 1. The van der Waals surface area contributed by atoms with Crippen molar-refractivity contribution in [1.29, 1.82) is 0 Å². The van der Waals surface area contributed by atoms with Gasteiger partial charge in [0.1, 0.15) is 11.6 Å². The van der Waals surface area contributed by atoms with Gasteiger partial charge in [-0.2, -0.15) is 5.10 Å². The van der Waals surface area contributed by atoms with E-state index in [2.05, 4.69) is 38.1 Å². The molecule has 0 aliphatic carbocycles. The first-order chi connectivity index (χ1) is 11.2. The van der Waals surface area contributed by atoms with E-state index in [1.165, 1.54) is 4.88 Å². The first-order valence-corrected chi connectivity index (χ1v) is 8.50. The minimum atomic E-state index is -0.214. The maximum Gasteiger partial charge on any atom is 0.277 e. The van der Waals surface area contributed by atoms with E-state index in [9.17, 15) is 4.79 Å². The van der Waals surface area contributed by atoms with E-state index in [0.717, 1.165) is 48.0 Å². The Kier molecular flexibility index (Phi) is 3.49. The first-order valence-electron chi connectivity index (χ1n) is 7.69. The van der Waals surface area contributed by atoms with Crippen molar-refractivity contribution in [3.8, 4) is 10.6 Å². The van der Waals surface area contributed by atoms with Crippen molar-refractivity contribution in [2.45, 2.75) is 32.7 Å². The number of aryl methyl sites for hydroxylation is 2. The van der Waals surface area contributed by atoms with Crippen LogP contribution in [0, 0.1) is 6.92 Å². The lowest BCUT2D eigenvalue weighted by molar-refractivity contribution is 0.102. The number of H-pyrrole nitrogens is 1. The van der Waals surface area contributed by atoms with Gasteiger partial charge in [-0.05, 0) is 38.0 Å². The Balaban J connectivity index is 1.53. The quantitative estimate of drug-likeness (QED) is 0.775. The summed E-state index contributed by atoms with van der Waals surface area (Å²) in [6, 6.07) is 5.87. The fourth-order valence-corrected chi connectivity index (χ4v) is 3.67. The van der Waals surface area contributed by atoms with Crippen LogP contribution in [0.15, 0.2) is 24.4 Å². The van der Waals surface area contributed by atoms with Crippen molar-refractivity contribution in [3.05, 3.63) is 40.8 Å². The normalized spacial score (nSPS) is 13.8. The van der Waals surface area contributed by atoms with Crippen LogP contribution in [0.5, 0.6) is 0 Å². The van der Waals surface area contributed by atoms with Gasteiger partial charge >= 0.3 is 0 Å². The van der Waals surface area contributed by atoms with Crippen LogP contribution in [0.2, 0.25) is 0 Å². The molecule has 4 rings (SSSR count). The van der Waals surface area contributed by atoms with Crippen LogP contribution in [-0.2, 0) is 13.0 Å². The van der Waals surface area contributed by atoms with Crippen molar-refractivity contribution >= 4 is 23.1 Å². The average molecular weight is 327 g/mol. The summed E-state index contributed by atoms with van der Waals surface area (Å²) in [7, 11) is 0. The molecule has 0 radical (unpaired) electrons. The van der Waals surface area contributed by atoms with E-state index in [1.54, 1.807) is 23.6 Å². The Morgan fingerprint density at radius 2 is 2.30 bits per heavy atom. The molecule has 1 amide bonds. The van der Waals surface area contributed by atoms with Gasteiger partial charge in [-0.1, -0.05) is 0 Å². The monoisotopic (exact) mass is 327 g/mol. The smallest absolute Gasteiger partial charge is 0.277 e. The molecule has 7 heteroatoms. The molecule has 118 valence electrons. The molecule has 4 heterocycles. The molecule has 1 aliphatic rings. The van der Waals surface area contributed by atoms with E-state index < -0.39 is 0 Å². The molecule has 0 aromatic carbocycles. The van der Waals surface area contributed by atoms with Gasteiger partial charge in [0.05, 0.1) is 16.8 Å². The summed E-state index contributed by atoms with van der Waals surface area (Å²) >= 11 is 1.67. The molecular formula is C16H17N5OS. The van der Waals surface area contributed by atoms with E-state index in [4.69, 9.17) is 0 Å². The number of imidazole rings is 1. The summed E-state index contributed by atoms with van der Waals surface area (Å²) in [5.74, 6) is 1.58. The number of amides is 1. The molecule has 2 N–H and O–H groups in total. The minimum absolute atomic E-state index is 0.214. The van der Waals surface area contributed by atoms with Gasteiger partial charge in [0.25, 0.3) is 5.91 Å². The second-order valence-electron chi connectivity index (χ2n) is 5.70. The number of hydrogen-bond donors (Lipinski definition) is 2. The van der Waals surface area contributed by atoms with Gasteiger partial charge in [-0.25, -0.2) is 4.98 Å². The number of anilines is 1. The fourth-order valence-electron chi connectivity index (χ4n) is 2.84. The van der Waals surface area contributed by atoms with Gasteiger partial charge < -0.3 is 9.88 Å². The van der Waals surface area contributed by atoms with E-state index in [-0.39, 0.29) is 5.91 Å². The molecule has 23 heavy (non-hydrogen) atoms. The lowest BCUT2D eigenvalue weighted by atomic mass is 10.2. The van der Waals surface area contributed by atoms with Crippen molar-refractivity contribution in [1.82, 2.24) is 19.7 Å². The van der Waals surface area contributed by atoms with Crippen LogP contribution in [0.4, 0.5) is 5.82 Å². The largest absolute Gasteiger partial charge is 0.315 e. The van der Waals surface area contributed by atoms with Gasteiger partial charge in [-0.3, -0.25) is 9.89 Å². The SMILES string of the molecule is Cc1ccc(-c2cc(C(=O)Nc3cnc4n3CCCC4)n[nH]2)s1. The maximum atomic E-state index is 12.4. The lowest BCUT2D eigenvalue weighted by Gasteiger charge is -2.16. The maximum absolute atomic E-state index is 12.4. The van der Waals surface area contributed by atoms with E-state index >= 15 is 0 Å². The third-order valence-corrected chi connectivity index (χ3v) is 5.06. The van der Waals surface area contributed by atoms with Crippen LogP contribution in [0.25, 0.3) is 10.6 Å². The van der Waals surface area contributed by atoms with Crippen molar-refractivity contribution in [2.75, 3.05) is 5.32 Å². The number of carbonyl (C=O) groups excluding carboxylic acids is 1. The highest BCUT2D eigenvalue weighted by molar-refractivity contribution is 7.15. The van der Waals surface area contributed by atoms with Crippen molar-refractivity contribution in [2.24, 2.45) is 0 Å². The van der Waals surface area contributed by atoms with E-state index in [0.29, 0.717) is 5.69 Å². The van der Waals surface area contributed by atoms with Crippen molar-refractivity contribution in [3.63, 3.8) is 0 Å². The number of carbonyl (C=O) groups is 1. The summed E-state index contributed by atoms with van der Waals surface area (Å²) in [6.07, 6.45) is 4.98. The average Bonchev–Trinajstić information content (AvgIpc) is 3.27. The van der Waals surface area contributed by atoms with Crippen LogP contribution in [-0.4, -0.2) is 25.7 Å². The highest BCUT2D eigenvalue weighted by Gasteiger charge is 2.18. The second-order valence-corrected chi connectivity index (χ2v) is 6.99.